The molecule has 0 aliphatic rings. The van der Waals surface area contributed by atoms with E-state index in [1.54, 1.807) is 6.08 Å². The number of aliphatic hydroxyl groups excluding tert-OH is 1. The molecule has 4 nitrogen and oxygen atoms in total. The highest BCUT2D eigenvalue weighted by Crippen LogP contribution is 2.11. The van der Waals surface area contributed by atoms with Crippen LogP contribution in [-0.4, -0.2) is 35.7 Å². The zero-order chi connectivity index (χ0) is 15.1. The minimum absolute atomic E-state index is 0.0658. The van der Waals surface area contributed by atoms with Gasteiger partial charge in [-0.05, 0) is 12.5 Å². The number of carbonyl (C=O) groups is 1. The first-order valence-corrected chi connectivity index (χ1v) is 6.16. The molecule has 110 valence electrons. The summed E-state index contributed by atoms with van der Waals surface area (Å²) in [5, 5.41) is 11.6. The van der Waals surface area contributed by atoms with E-state index in [4.69, 9.17) is 5.11 Å². The van der Waals surface area contributed by atoms with Crippen LogP contribution in [0.3, 0.4) is 0 Å². The Morgan fingerprint density at radius 1 is 1.55 bits per heavy atom. The molecule has 1 aromatic rings. The van der Waals surface area contributed by atoms with E-state index >= 15 is 0 Å². The summed E-state index contributed by atoms with van der Waals surface area (Å²) in [7, 11) is 1.52. The van der Waals surface area contributed by atoms with Crippen molar-refractivity contribution in [3.63, 3.8) is 0 Å². The van der Waals surface area contributed by atoms with Gasteiger partial charge in [0.2, 0.25) is 0 Å². The van der Waals surface area contributed by atoms with Crippen LogP contribution >= 0.6 is 0 Å². The van der Waals surface area contributed by atoms with Crippen LogP contribution in [0.25, 0.3) is 0 Å². The van der Waals surface area contributed by atoms with Gasteiger partial charge in [0.15, 0.2) is 11.6 Å². The van der Waals surface area contributed by atoms with Gasteiger partial charge in [0.25, 0.3) is 0 Å². The van der Waals surface area contributed by atoms with Gasteiger partial charge in [-0.2, -0.15) is 0 Å². The van der Waals surface area contributed by atoms with Crippen molar-refractivity contribution in [1.82, 2.24) is 10.2 Å². The average molecular weight is 284 g/mol. The van der Waals surface area contributed by atoms with E-state index in [1.165, 1.54) is 24.1 Å². The second-order valence-electron chi connectivity index (χ2n) is 4.34. The summed E-state index contributed by atoms with van der Waals surface area (Å²) >= 11 is 0. The quantitative estimate of drug-likeness (QED) is 0.785. The van der Waals surface area contributed by atoms with E-state index in [0.717, 1.165) is 6.07 Å². The number of amides is 2. The third-order valence-electron chi connectivity index (χ3n) is 2.98. The van der Waals surface area contributed by atoms with Crippen molar-refractivity contribution in [3.8, 4) is 0 Å². The molecular weight excluding hydrogens is 266 g/mol. The Morgan fingerprint density at radius 3 is 2.85 bits per heavy atom. The van der Waals surface area contributed by atoms with Crippen LogP contribution in [0.2, 0.25) is 0 Å². The van der Waals surface area contributed by atoms with Gasteiger partial charge in [-0.25, -0.2) is 13.6 Å². The highest BCUT2D eigenvalue weighted by Gasteiger charge is 2.18. The normalized spacial score (nSPS) is 11.8. The number of hydrogen-bond donors (Lipinski definition) is 2. The maximum Gasteiger partial charge on any atom is 0.317 e. The summed E-state index contributed by atoms with van der Waals surface area (Å²) in [4.78, 5) is 13.1. The van der Waals surface area contributed by atoms with E-state index < -0.39 is 23.7 Å². The summed E-state index contributed by atoms with van der Waals surface area (Å²) in [6.07, 6.45) is 2.03. The third kappa shape index (κ3) is 4.03. The number of nitrogens with one attached hydrogen (secondary N) is 1. The highest BCUT2D eigenvalue weighted by molar-refractivity contribution is 5.74. The molecule has 0 radical (unpaired) electrons. The van der Waals surface area contributed by atoms with Crippen LogP contribution in [0.5, 0.6) is 0 Å². The Balaban J connectivity index is 2.62. The lowest BCUT2D eigenvalue weighted by molar-refractivity contribution is 0.150. The Labute approximate surface area is 116 Å². The second-order valence-corrected chi connectivity index (χ2v) is 4.34. The lowest BCUT2D eigenvalue weighted by Gasteiger charge is -2.26. The Hall–Kier alpha value is -1.95. The Morgan fingerprint density at radius 2 is 2.25 bits per heavy atom. The molecule has 1 atom stereocenters. The largest absolute Gasteiger partial charge is 0.394 e. The van der Waals surface area contributed by atoms with Crippen molar-refractivity contribution in [2.45, 2.75) is 19.0 Å². The topological polar surface area (TPSA) is 52.6 Å². The molecule has 0 spiro atoms. The van der Waals surface area contributed by atoms with E-state index in [-0.39, 0.29) is 18.7 Å². The van der Waals surface area contributed by atoms with Gasteiger partial charge in [0.1, 0.15) is 0 Å². The van der Waals surface area contributed by atoms with Crippen LogP contribution < -0.4 is 5.32 Å². The molecule has 0 saturated heterocycles. The van der Waals surface area contributed by atoms with Crippen LogP contribution in [0.4, 0.5) is 13.6 Å². The summed E-state index contributed by atoms with van der Waals surface area (Å²) in [6.45, 7) is 3.21. The molecule has 0 aliphatic carbocycles. The molecule has 0 saturated carbocycles. The molecule has 0 heterocycles. The number of benzene rings is 1. The lowest BCUT2D eigenvalue weighted by Crippen LogP contribution is -2.44. The molecule has 0 bridgehead atoms. The number of hydrogen-bond acceptors (Lipinski definition) is 2. The summed E-state index contributed by atoms with van der Waals surface area (Å²) in [5.41, 5.74) is 0.0658. The van der Waals surface area contributed by atoms with Gasteiger partial charge in [-0.15, -0.1) is 6.58 Å². The first-order valence-electron chi connectivity index (χ1n) is 6.16. The number of carbonyl (C=O) groups excluding carboxylic acids is 1. The second kappa shape index (κ2) is 7.59. The van der Waals surface area contributed by atoms with Crippen LogP contribution in [0, 0.1) is 11.6 Å². The molecule has 0 aromatic heterocycles. The first kappa shape index (κ1) is 16.1. The highest BCUT2D eigenvalue weighted by atomic mass is 19.2. The van der Waals surface area contributed by atoms with Gasteiger partial charge >= 0.3 is 6.03 Å². The maximum atomic E-state index is 13.4. The van der Waals surface area contributed by atoms with E-state index in [9.17, 15) is 13.6 Å². The Kier molecular flexibility index (Phi) is 6.11. The van der Waals surface area contributed by atoms with E-state index in [1.807, 2.05) is 0 Å². The molecule has 2 amide bonds. The van der Waals surface area contributed by atoms with Crippen molar-refractivity contribution in [2.24, 2.45) is 0 Å². The Bertz CT molecular complexity index is 480. The average Bonchev–Trinajstić information content (AvgIpc) is 2.45. The molecule has 0 fully saturated rings. The molecule has 1 rings (SSSR count). The number of urea groups is 1. The monoisotopic (exact) mass is 284 g/mol. The molecule has 2 N–H and O–H groups in total. The summed E-state index contributed by atoms with van der Waals surface area (Å²) in [6, 6.07) is 2.90. The van der Waals surface area contributed by atoms with E-state index in [2.05, 4.69) is 11.9 Å². The number of nitrogens with zero attached hydrogens (tertiary/aromatic N) is 1. The van der Waals surface area contributed by atoms with E-state index in [0.29, 0.717) is 6.42 Å². The molecule has 6 heteroatoms. The maximum absolute atomic E-state index is 13.4. The van der Waals surface area contributed by atoms with Gasteiger partial charge in [-0.3, -0.25) is 0 Å². The molecular formula is C14H18F2N2O2. The minimum atomic E-state index is -0.972. The molecule has 1 unspecified atom stereocenters. The fourth-order valence-electron chi connectivity index (χ4n) is 1.69. The number of rotatable bonds is 6. The minimum Gasteiger partial charge on any atom is -0.394 e. The van der Waals surface area contributed by atoms with Crippen molar-refractivity contribution in [1.29, 1.82) is 0 Å². The van der Waals surface area contributed by atoms with Gasteiger partial charge in [0.05, 0.1) is 12.6 Å². The van der Waals surface area contributed by atoms with Crippen molar-refractivity contribution >= 4 is 6.03 Å². The fraction of sp³-hybridized carbons (Fsp3) is 0.357. The number of halogens is 2. The fourth-order valence-corrected chi connectivity index (χ4v) is 1.69. The molecule has 0 aliphatic heterocycles. The predicted octanol–water partition coefficient (Wildman–Crippen LogP) is 2.04. The van der Waals surface area contributed by atoms with Gasteiger partial charge < -0.3 is 15.3 Å². The zero-order valence-electron chi connectivity index (χ0n) is 11.3. The van der Waals surface area contributed by atoms with Crippen LogP contribution in [0.1, 0.15) is 12.0 Å². The smallest absolute Gasteiger partial charge is 0.317 e. The standard InChI is InChI=1S/C14H18F2N2O2/c1-3-5-11(9-19)18(2)14(20)17-8-10-6-4-7-12(15)13(10)16/h3-4,6-7,11,19H,1,5,8-9H2,2H3,(H,17,20). The predicted molar refractivity (Wildman–Crippen MR) is 72.0 cm³/mol. The molecule has 1 aromatic carbocycles. The van der Waals surface area contributed by atoms with Crippen molar-refractivity contribution < 1.29 is 18.7 Å². The SMILES string of the molecule is C=CCC(CO)N(C)C(=O)NCc1cccc(F)c1F. The summed E-state index contributed by atoms with van der Waals surface area (Å²) in [5.74, 6) is -1.93. The first-order chi connectivity index (χ1) is 9.51. The zero-order valence-corrected chi connectivity index (χ0v) is 11.3. The van der Waals surface area contributed by atoms with Crippen LogP contribution in [-0.2, 0) is 6.54 Å². The van der Waals surface area contributed by atoms with Crippen molar-refractivity contribution in [3.05, 3.63) is 48.1 Å². The molecule has 20 heavy (non-hydrogen) atoms. The number of likely N-dealkylation sites (N-methyl/N-ethyl adjacent to an activating group) is 1. The van der Waals surface area contributed by atoms with Crippen molar-refractivity contribution in [2.75, 3.05) is 13.7 Å². The lowest BCUT2D eigenvalue weighted by atomic mass is 10.2. The number of aliphatic hydroxyl groups is 1. The summed E-state index contributed by atoms with van der Waals surface area (Å²) < 4.78 is 26.4. The van der Waals surface area contributed by atoms with Crippen LogP contribution in [0.15, 0.2) is 30.9 Å². The van der Waals surface area contributed by atoms with Gasteiger partial charge in [0, 0.05) is 19.2 Å². The van der Waals surface area contributed by atoms with Gasteiger partial charge in [-0.1, -0.05) is 18.2 Å². The third-order valence-corrected chi connectivity index (χ3v) is 2.98.